The van der Waals surface area contributed by atoms with Gasteiger partial charge < -0.3 is 8.92 Å². The Morgan fingerprint density at radius 1 is 1.09 bits per heavy atom. The summed E-state index contributed by atoms with van der Waals surface area (Å²) in [6, 6.07) is 10.2. The van der Waals surface area contributed by atoms with Gasteiger partial charge in [-0.3, -0.25) is 0 Å². The predicted octanol–water partition coefficient (Wildman–Crippen LogP) is 3.69. The molecule has 122 valence electrons. The van der Waals surface area contributed by atoms with Gasteiger partial charge in [0.25, 0.3) is 0 Å². The maximum absolute atomic E-state index is 12.1. The summed E-state index contributed by atoms with van der Waals surface area (Å²) < 4.78 is 33.8. The summed E-state index contributed by atoms with van der Waals surface area (Å²) >= 11 is 11.6. The molecule has 0 heterocycles. The van der Waals surface area contributed by atoms with Crippen molar-refractivity contribution in [3.05, 3.63) is 63.6 Å². The monoisotopic (exact) mass is 374 g/mol. The van der Waals surface area contributed by atoms with Crippen molar-refractivity contribution in [2.24, 2.45) is 0 Å². The SMILES string of the molecule is COC(=O)c1cccc(OS(=O)(=O)Cc2ccc(Cl)c(Cl)c2)c1. The van der Waals surface area contributed by atoms with E-state index in [1.165, 1.54) is 43.5 Å². The Labute approximate surface area is 143 Å². The van der Waals surface area contributed by atoms with Gasteiger partial charge in [-0.1, -0.05) is 35.3 Å². The van der Waals surface area contributed by atoms with Crippen LogP contribution in [-0.2, 0) is 20.6 Å². The Hall–Kier alpha value is -1.76. The smallest absolute Gasteiger partial charge is 0.337 e. The maximum Gasteiger partial charge on any atom is 0.337 e. The van der Waals surface area contributed by atoms with Gasteiger partial charge in [0.2, 0.25) is 0 Å². The van der Waals surface area contributed by atoms with E-state index in [1.807, 2.05) is 0 Å². The largest absolute Gasteiger partial charge is 0.465 e. The van der Waals surface area contributed by atoms with Crippen LogP contribution in [0.1, 0.15) is 15.9 Å². The molecular formula is C15H12Cl2O5S. The number of esters is 1. The molecule has 2 aromatic carbocycles. The molecule has 0 aromatic heterocycles. The van der Waals surface area contributed by atoms with E-state index in [-0.39, 0.29) is 22.1 Å². The first kappa shape index (κ1) is 17.6. The van der Waals surface area contributed by atoms with Crippen LogP contribution in [0.2, 0.25) is 10.0 Å². The van der Waals surface area contributed by atoms with Gasteiger partial charge in [-0.25, -0.2) is 4.79 Å². The van der Waals surface area contributed by atoms with Crippen LogP contribution in [0, 0.1) is 0 Å². The number of hydrogen-bond donors (Lipinski definition) is 0. The van der Waals surface area contributed by atoms with Gasteiger partial charge in [0, 0.05) is 0 Å². The molecule has 0 fully saturated rings. The molecule has 0 atom stereocenters. The lowest BCUT2D eigenvalue weighted by molar-refractivity contribution is 0.0600. The van der Waals surface area contributed by atoms with E-state index in [4.69, 9.17) is 27.4 Å². The van der Waals surface area contributed by atoms with Crippen molar-refractivity contribution in [3.8, 4) is 5.75 Å². The van der Waals surface area contributed by atoms with Crippen molar-refractivity contribution in [3.63, 3.8) is 0 Å². The minimum Gasteiger partial charge on any atom is -0.465 e. The van der Waals surface area contributed by atoms with Gasteiger partial charge in [-0.05, 0) is 35.9 Å². The number of halogens is 2. The molecule has 0 aliphatic rings. The zero-order valence-corrected chi connectivity index (χ0v) is 14.3. The molecule has 0 bridgehead atoms. The molecule has 0 saturated carbocycles. The zero-order chi connectivity index (χ0) is 17.0. The highest BCUT2D eigenvalue weighted by molar-refractivity contribution is 7.86. The second kappa shape index (κ2) is 7.21. The molecular weight excluding hydrogens is 363 g/mol. The highest BCUT2D eigenvalue weighted by Gasteiger charge is 2.16. The molecule has 23 heavy (non-hydrogen) atoms. The van der Waals surface area contributed by atoms with Gasteiger partial charge in [0.05, 0.1) is 22.7 Å². The second-order valence-corrected chi connectivity index (χ2v) is 6.94. The van der Waals surface area contributed by atoms with Crippen LogP contribution >= 0.6 is 23.2 Å². The molecule has 0 N–H and O–H groups in total. The van der Waals surface area contributed by atoms with E-state index in [0.717, 1.165) is 0 Å². The number of hydrogen-bond acceptors (Lipinski definition) is 5. The Balaban J connectivity index is 2.18. The maximum atomic E-state index is 12.1. The van der Waals surface area contributed by atoms with Gasteiger partial charge in [0.15, 0.2) is 0 Å². The minimum absolute atomic E-state index is 0.0213. The Kier molecular flexibility index (Phi) is 5.51. The molecule has 2 aromatic rings. The molecule has 0 saturated heterocycles. The highest BCUT2D eigenvalue weighted by Crippen LogP contribution is 2.24. The van der Waals surface area contributed by atoms with Gasteiger partial charge in [-0.2, -0.15) is 8.42 Å². The molecule has 0 spiro atoms. The van der Waals surface area contributed by atoms with Crippen molar-refractivity contribution in [1.29, 1.82) is 0 Å². The summed E-state index contributed by atoms with van der Waals surface area (Å²) in [4.78, 5) is 11.4. The lowest BCUT2D eigenvalue weighted by atomic mass is 10.2. The quantitative estimate of drug-likeness (QED) is 0.589. The summed E-state index contributed by atoms with van der Waals surface area (Å²) in [5, 5.41) is 0.589. The molecule has 0 amide bonds. The zero-order valence-electron chi connectivity index (χ0n) is 12.0. The number of carbonyl (C=O) groups excluding carboxylic acids is 1. The average Bonchev–Trinajstić information content (AvgIpc) is 2.49. The number of carbonyl (C=O) groups is 1. The summed E-state index contributed by atoms with van der Waals surface area (Å²) in [5.74, 6) is -0.947. The van der Waals surface area contributed by atoms with Gasteiger partial charge in [0.1, 0.15) is 11.5 Å². The van der Waals surface area contributed by atoms with E-state index in [1.54, 1.807) is 6.07 Å². The summed E-state index contributed by atoms with van der Waals surface area (Å²) in [7, 11) is -2.69. The van der Waals surface area contributed by atoms with Crippen molar-refractivity contribution in [1.82, 2.24) is 0 Å². The molecule has 0 radical (unpaired) electrons. The number of methoxy groups -OCH3 is 1. The Bertz CT molecular complexity index is 834. The van der Waals surface area contributed by atoms with E-state index < -0.39 is 16.1 Å². The van der Waals surface area contributed by atoms with Gasteiger partial charge in [-0.15, -0.1) is 0 Å². The third-order valence-corrected chi connectivity index (χ3v) is 4.68. The average molecular weight is 375 g/mol. The van der Waals surface area contributed by atoms with E-state index in [0.29, 0.717) is 10.6 Å². The standard InChI is InChI=1S/C15H12Cl2O5S/c1-21-15(18)11-3-2-4-12(8-11)22-23(19,20)9-10-5-6-13(16)14(17)7-10/h2-8H,9H2,1H3. The third-order valence-electron chi connectivity index (χ3n) is 2.81. The normalized spacial score (nSPS) is 11.1. The van der Waals surface area contributed by atoms with Crippen LogP contribution in [0.15, 0.2) is 42.5 Å². The Morgan fingerprint density at radius 2 is 1.83 bits per heavy atom. The molecule has 8 heteroatoms. The first-order chi connectivity index (χ1) is 10.8. The predicted molar refractivity (Wildman–Crippen MR) is 87.5 cm³/mol. The lowest BCUT2D eigenvalue weighted by Gasteiger charge is -2.08. The molecule has 0 unspecified atom stereocenters. The second-order valence-electron chi connectivity index (χ2n) is 4.55. The third kappa shape index (κ3) is 4.86. The number of benzene rings is 2. The van der Waals surface area contributed by atoms with E-state index >= 15 is 0 Å². The highest BCUT2D eigenvalue weighted by atomic mass is 35.5. The van der Waals surface area contributed by atoms with Gasteiger partial charge >= 0.3 is 16.1 Å². The fraction of sp³-hybridized carbons (Fsp3) is 0.133. The van der Waals surface area contributed by atoms with Crippen LogP contribution < -0.4 is 4.18 Å². The number of ether oxygens (including phenoxy) is 1. The van der Waals surface area contributed by atoms with Crippen LogP contribution in [0.4, 0.5) is 0 Å². The van der Waals surface area contributed by atoms with Crippen molar-refractivity contribution < 1.29 is 22.1 Å². The lowest BCUT2D eigenvalue weighted by Crippen LogP contribution is -2.12. The molecule has 0 aliphatic heterocycles. The molecule has 5 nitrogen and oxygen atoms in total. The first-order valence-corrected chi connectivity index (χ1v) is 8.68. The van der Waals surface area contributed by atoms with Crippen molar-refractivity contribution in [2.45, 2.75) is 5.75 Å². The molecule has 2 rings (SSSR count). The summed E-state index contributed by atoms with van der Waals surface area (Å²) in [6.07, 6.45) is 0. The van der Waals surface area contributed by atoms with Crippen LogP contribution in [-0.4, -0.2) is 21.5 Å². The fourth-order valence-corrected chi connectivity index (χ4v) is 3.17. The topological polar surface area (TPSA) is 69.7 Å². The fourth-order valence-electron chi connectivity index (χ4n) is 1.80. The van der Waals surface area contributed by atoms with E-state index in [9.17, 15) is 13.2 Å². The van der Waals surface area contributed by atoms with Crippen LogP contribution in [0.5, 0.6) is 5.75 Å². The van der Waals surface area contributed by atoms with Crippen LogP contribution in [0.25, 0.3) is 0 Å². The minimum atomic E-state index is -3.92. The first-order valence-electron chi connectivity index (χ1n) is 6.35. The summed E-state index contributed by atoms with van der Waals surface area (Å²) in [5.41, 5.74) is 0.623. The van der Waals surface area contributed by atoms with Crippen molar-refractivity contribution in [2.75, 3.05) is 7.11 Å². The summed E-state index contributed by atoms with van der Waals surface area (Å²) in [6.45, 7) is 0. The van der Waals surface area contributed by atoms with E-state index in [2.05, 4.69) is 4.74 Å². The molecule has 0 aliphatic carbocycles. The van der Waals surface area contributed by atoms with Crippen molar-refractivity contribution >= 4 is 39.3 Å². The van der Waals surface area contributed by atoms with Crippen LogP contribution in [0.3, 0.4) is 0 Å². The Morgan fingerprint density at radius 3 is 2.48 bits per heavy atom. The number of rotatable bonds is 5.